The minimum absolute atomic E-state index is 0.0164. The Morgan fingerprint density at radius 2 is 1.61 bits per heavy atom. The Hall–Kier alpha value is -4.37. The predicted molar refractivity (Wildman–Crippen MR) is 156 cm³/mol. The van der Waals surface area contributed by atoms with Crippen LogP contribution in [0.1, 0.15) is 55.4 Å². The van der Waals surface area contributed by atoms with Gasteiger partial charge in [-0.1, -0.05) is 44.1 Å². The molecule has 2 N–H and O–H groups in total. The van der Waals surface area contributed by atoms with E-state index in [-0.39, 0.29) is 29.0 Å². The molecule has 1 aliphatic rings. The van der Waals surface area contributed by atoms with Crippen molar-refractivity contribution in [1.82, 2.24) is 15.0 Å². The van der Waals surface area contributed by atoms with Crippen LogP contribution in [-0.4, -0.2) is 39.9 Å². The first-order valence-corrected chi connectivity index (χ1v) is 13.8. The van der Waals surface area contributed by atoms with Gasteiger partial charge in [0.05, 0.1) is 6.54 Å². The Kier molecular flexibility index (Phi) is 8.26. The van der Waals surface area contributed by atoms with Gasteiger partial charge in [0.15, 0.2) is 0 Å². The number of carbonyl (C=O) groups excluding carboxylic acids is 2. The normalized spacial score (nSPS) is 14.5. The van der Waals surface area contributed by atoms with Crippen LogP contribution < -0.4 is 10.6 Å². The first-order valence-electron chi connectivity index (χ1n) is 13.8. The molecule has 9 heteroatoms. The van der Waals surface area contributed by atoms with Gasteiger partial charge in [-0.05, 0) is 91.5 Å². The second-order valence-electron chi connectivity index (χ2n) is 11.4. The van der Waals surface area contributed by atoms with Crippen LogP contribution in [0.15, 0.2) is 77.3 Å². The topological polar surface area (TPSA) is 100 Å². The Morgan fingerprint density at radius 3 is 2.27 bits per heavy atom. The third-order valence-electron chi connectivity index (χ3n) is 7.29. The van der Waals surface area contributed by atoms with E-state index in [1.165, 1.54) is 12.1 Å². The van der Waals surface area contributed by atoms with E-state index >= 15 is 0 Å². The monoisotopic (exact) mass is 555 g/mol. The highest BCUT2D eigenvalue weighted by Gasteiger charge is 2.26. The number of halogens is 1. The lowest BCUT2D eigenvalue weighted by Gasteiger charge is -2.30. The number of hydrogen-bond acceptors (Lipinski definition) is 6. The molecule has 1 fully saturated rings. The fourth-order valence-corrected chi connectivity index (χ4v) is 4.82. The summed E-state index contributed by atoms with van der Waals surface area (Å²) in [5.74, 6) is 0.224. The summed E-state index contributed by atoms with van der Waals surface area (Å²) in [7, 11) is 0. The number of benzene rings is 3. The maximum absolute atomic E-state index is 13.2. The summed E-state index contributed by atoms with van der Waals surface area (Å²) in [6, 6.07) is 20.8. The van der Waals surface area contributed by atoms with Crippen LogP contribution in [0.3, 0.4) is 0 Å². The molecule has 0 spiro atoms. The van der Waals surface area contributed by atoms with Crippen LogP contribution >= 0.6 is 0 Å². The quantitative estimate of drug-likeness (QED) is 0.279. The molecule has 1 aliphatic heterocycles. The standard InChI is InChI=1S/C32H34FN5O3/c1-32(2,3)24-11-7-22(8-12-24)30(39)34-26-5-4-6-27(19-26)35-31(40)23-15-17-38(18-16-23)20-28-36-29(37-41-28)21-9-13-25(33)14-10-21/h4-14,19,23H,15-18,20H2,1-3H3,(H,34,39)(H,35,40). The molecule has 0 unspecified atom stereocenters. The Labute approximate surface area is 239 Å². The maximum atomic E-state index is 13.2. The summed E-state index contributed by atoms with van der Waals surface area (Å²) in [6.07, 6.45) is 1.40. The van der Waals surface area contributed by atoms with Crippen LogP contribution in [0.4, 0.5) is 15.8 Å². The molecule has 212 valence electrons. The van der Waals surface area contributed by atoms with E-state index in [0.717, 1.165) is 18.7 Å². The molecule has 0 bridgehead atoms. The number of hydrogen-bond donors (Lipinski definition) is 2. The predicted octanol–water partition coefficient (Wildman–Crippen LogP) is 6.28. The summed E-state index contributed by atoms with van der Waals surface area (Å²) in [6.45, 7) is 8.33. The van der Waals surface area contributed by atoms with E-state index in [9.17, 15) is 14.0 Å². The third kappa shape index (κ3) is 7.24. The molecule has 0 aliphatic carbocycles. The van der Waals surface area contributed by atoms with Gasteiger partial charge in [-0.3, -0.25) is 14.5 Å². The number of likely N-dealkylation sites (tertiary alicyclic amines) is 1. The number of amides is 2. The zero-order chi connectivity index (χ0) is 29.0. The minimum atomic E-state index is -0.318. The van der Waals surface area contributed by atoms with Crippen LogP contribution in [0.5, 0.6) is 0 Å². The number of carbonyl (C=O) groups is 2. The highest BCUT2D eigenvalue weighted by molar-refractivity contribution is 6.04. The third-order valence-corrected chi connectivity index (χ3v) is 7.29. The molecular formula is C32H34FN5O3. The number of rotatable bonds is 7. The van der Waals surface area contributed by atoms with E-state index in [0.29, 0.717) is 53.6 Å². The SMILES string of the molecule is CC(C)(C)c1ccc(C(=O)Nc2cccc(NC(=O)C3CCN(Cc4nc(-c5ccc(F)cc5)no4)CC3)c2)cc1. The van der Waals surface area contributed by atoms with Crippen molar-refractivity contribution in [1.29, 1.82) is 0 Å². The van der Waals surface area contributed by atoms with Gasteiger partial charge in [-0.2, -0.15) is 4.98 Å². The molecule has 1 aromatic heterocycles. The van der Waals surface area contributed by atoms with Crippen LogP contribution in [-0.2, 0) is 16.8 Å². The number of piperidine rings is 1. The van der Waals surface area contributed by atoms with Crippen molar-refractivity contribution in [3.63, 3.8) is 0 Å². The smallest absolute Gasteiger partial charge is 0.255 e. The van der Waals surface area contributed by atoms with E-state index in [2.05, 4.69) is 46.4 Å². The Bertz CT molecular complexity index is 1500. The van der Waals surface area contributed by atoms with Gasteiger partial charge >= 0.3 is 0 Å². The van der Waals surface area contributed by atoms with Gasteiger partial charge in [0.25, 0.3) is 5.91 Å². The number of anilines is 2. The average molecular weight is 556 g/mol. The van der Waals surface area contributed by atoms with Crippen molar-refractivity contribution < 1.29 is 18.5 Å². The van der Waals surface area contributed by atoms with Crippen molar-refractivity contribution in [3.8, 4) is 11.4 Å². The van der Waals surface area contributed by atoms with Crippen molar-refractivity contribution in [3.05, 3.63) is 95.6 Å². The Balaban J connectivity index is 1.11. The molecule has 1 saturated heterocycles. The summed E-state index contributed by atoms with van der Waals surface area (Å²) in [5.41, 5.74) is 3.69. The van der Waals surface area contributed by atoms with Gasteiger partial charge in [0.2, 0.25) is 17.6 Å². The molecule has 0 saturated carbocycles. The molecule has 8 nitrogen and oxygen atoms in total. The first kappa shape index (κ1) is 28.2. The largest absolute Gasteiger partial charge is 0.338 e. The van der Waals surface area contributed by atoms with E-state index < -0.39 is 0 Å². The lowest BCUT2D eigenvalue weighted by molar-refractivity contribution is -0.121. The summed E-state index contributed by atoms with van der Waals surface area (Å²) in [4.78, 5) is 32.4. The molecule has 0 radical (unpaired) electrons. The van der Waals surface area contributed by atoms with Gasteiger partial charge in [-0.15, -0.1) is 0 Å². The average Bonchev–Trinajstić information content (AvgIpc) is 3.42. The second-order valence-corrected chi connectivity index (χ2v) is 11.4. The molecular weight excluding hydrogens is 521 g/mol. The van der Waals surface area contributed by atoms with Crippen molar-refractivity contribution >= 4 is 23.2 Å². The molecule has 0 atom stereocenters. The highest BCUT2D eigenvalue weighted by Crippen LogP contribution is 2.25. The van der Waals surface area contributed by atoms with Crippen molar-refractivity contribution in [2.45, 2.75) is 45.6 Å². The van der Waals surface area contributed by atoms with Gasteiger partial charge in [-0.25, -0.2) is 4.39 Å². The van der Waals surface area contributed by atoms with E-state index in [4.69, 9.17) is 4.52 Å². The van der Waals surface area contributed by atoms with Crippen molar-refractivity contribution in [2.75, 3.05) is 23.7 Å². The number of aromatic nitrogens is 2. The molecule has 4 aromatic rings. The van der Waals surface area contributed by atoms with Gasteiger partial charge in [0, 0.05) is 28.4 Å². The Morgan fingerprint density at radius 1 is 0.951 bits per heavy atom. The van der Waals surface area contributed by atoms with Gasteiger partial charge < -0.3 is 15.2 Å². The minimum Gasteiger partial charge on any atom is -0.338 e. The lowest BCUT2D eigenvalue weighted by Crippen LogP contribution is -2.37. The number of nitrogens with zero attached hydrogens (tertiary/aromatic N) is 3. The molecule has 2 amide bonds. The second kappa shape index (κ2) is 12.0. The summed E-state index contributed by atoms with van der Waals surface area (Å²) < 4.78 is 18.6. The zero-order valence-electron chi connectivity index (χ0n) is 23.5. The van der Waals surface area contributed by atoms with Crippen molar-refractivity contribution in [2.24, 2.45) is 5.92 Å². The van der Waals surface area contributed by atoms with Crippen LogP contribution in [0, 0.1) is 11.7 Å². The van der Waals surface area contributed by atoms with Gasteiger partial charge in [0.1, 0.15) is 5.82 Å². The first-order chi connectivity index (χ1) is 19.6. The molecule has 41 heavy (non-hydrogen) atoms. The molecule has 5 rings (SSSR count). The van der Waals surface area contributed by atoms with Crippen LogP contribution in [0.2, 0.25) is 0 Å². The maximum Gasteiger partial charge on any atom is 0.255 e. The van der Waals surface area contributed by atoms with Crippen LogP contribution in [0.25, 0.3) is 11.4 Å². The molecule has 3 aromatic carbocycles. The summed E-state index contributed by atoms with van der Waals surface area (Å²) >= 11 is 0. The lowest BCUT2D eigenvalue weighted by atomic mass is 9.87. The van der Waals surface area contributed by atoms with E-state index in [1.807, 2.05) is 30.3 Å². The summed E-state index contributed by atoms with van der Waals surface area (Å²) in [5, 5.41) is 9.92. The fraction of sp³-hybridized carbons (Fsp3) is 0.312. The zero-order valence-corrected chi connectivity index (χ0v) is 23.5. The molecule has 2 heterocycles. The highest BCUT2D eigenvalue weighted by atomic mass is 19.1. The fourth-order valence-electron chi connectivity index (χ4n) is 4.82. The number of nitrogens with one attached hydrogen (secondary N) is 2. The van der Waals surface area contributed by atoms with E-state index in [1.54, 1.807) is 30.3 Å².